The molecule has 52 heavy (non-hydrogen) atoms. The van der Waals surface area contributed by atoms with Crippen LogP contribution >= 0.6 is 6.72 Å². The summed E-state index contributed by atoms with van der Waals surface area (Å²) in [7, 11) is 0.831. The Morgan fingerprint density at radius 2 is 1.44 bits per heavy atom. The molecule has 2 saturated heterocycles. The molecule has 2 aromatic heterocycles. The van der Waals surface area contributed by atoms with Gasteiger partial charge in [0.15, 0.2) is 31.5 Å². The SMILES string of the molecule is COc1ccc(C(Nc2ncnc3c2ncn3[C@@H]2OC3[C@H](C)OP(=S)(OC)O[C@H]3[C@H]2O[Si](C)(C)C(C)(C)C)(c2ccccc2)c2ccccc2)cc1. The number of ether oxygens (including phenoxy) is 2. The average Bonchev–Trinajstić information content (AvgIpc) is 3.72. The Labute approximate surface area is 311 Å². The molecule has 0 amide bonds. The highest BCUT2D eigenvalue weighted by Gasteiger charge is 2.58. The molecule has 0 aliphatic carbocycles. The first-order chi connectivity index (χ1) is 24.8. The third kappa shape index (κ3) is 6.51. The quantitative estimate of drug-likeness (QED) is 0.0845. The van der Waals surface area contributed by atoms with Crippen LogP contribution in [0.15, 0.2) is 97.6 Å². The Hall–Kier alpha value is -3.52. The first-order valence-corrected chi connectivity index (χ1v) is 22.8. The van der Waals surface area contributed by atoms with Crippen LogP contribution in [0.5, 0.6) is 5.75 Å². The fourth-order valence-electron chi connectivity index (χ4n) is 6.79. The highest BCUT2D eigenvalue weighted by molar-refractivity contribution is 8.07. The van der Waals surface area contributed by atoms with Gasteiger partial charge >= 0.3 is 6.72 Å². The summed E-state index contributed by atoms with van der Waals surface area (Å²) in [5.74, 6) is 1.31. The molecule has 6 atom stereocenters. The van der Waals surface area contributed by atoms with Crippen LogP contribution in [-0.2, 0) is 40.1 Å². The van der Waals surface area contributed by atoms with Crippen molar-refractivity contribution in [1.82, 2.24) is 19.5 Å². The first-order valence-electron chi connectivity index (χ1n) is 17.4. The molecule has 1 N–H and O–H groups in total. The van der Waals surface area contributed by atoms with E-state index in [9.17, 15) is 0 Å². The van der Waals surface area contributed by atoms with Crippen molar-refractivity contribution < 1.29 is 27.5 Å². The third-order valence-electron chi connectivity index (χ3n) is 10.6. The van der Waals surface area contributed by atoms with E-state index in [4.69, 9.17) is 54.2 Å². The zero-order valence-corrected chi connectivity index (χ0v) is 33.4. The summed E-state index contributed by atoms with van der Waals surface area (Å²) in [6.07, 6.45) is 0.749. The van der Waals surface area contributed by atoms with Crippen molar-refractivity contribution in [3.8, 4) is 5.75 Å². The van der Waals surface area contributed by atoms with Gasteiger partial charge in [0.1, 0.15) is 35.9 Å². The standard InChI is InChI=1S/C38H46N5O6PSSi/c1-25-31-32(48-50(51,45-6)47-25)33(49-52(7,8)37(2,3)4)36(46-31)43-24-41-30-34(39-23-40-35(30)43)42-38(26-15-11-9-12-16-26,27-17-13-10-14-18-27)28-19-21-29(44-5)22-20-28/h9-25,31-33,36H,1-8H3,(H,39,40,42)/t25-,31?,32+,33+,36+,50?/m0/s1. The lowest BCUT2D eigenvalue weighted by atomic mass is 9.77. The van der Waals surface area contributed by atoms with Gasteiger partial charge in [-0.2, -0.15) is 0 Å². The molecule has 7 rings (SSSR count). The maximum absolute atomic E-state index is 7.14. The van der Waals surface area contributed by atoms with E-state index in [1.165, 1.54) is 7.11 Å². The van der Waals surface area contributed by atoms with Crippen molar-refractivity contribution in [3.05, 3.63) is 114 Å². The van der Waals surface area contributed by atoms with Gasteiger partial charge in [0, 0.05) is 7.11 Å². The second-order valence-corrected chi connectivity index (χ2v) is 22.5. The number of hydrogen-bond acceptors (Lipinski definition) is 11. The zero-order valence-electron chi connectivity index (χ0n) is 30.7. The molecule has 2 unspecified atom stereocenters. The van der Waals surface area contributed by atoms with Gasteiger partial charge in [-0.15, -0.1) is 0 Å². The molecule has 2 aliphatic rings. The minimum absolute atomic E-state index is 0.0796. The molecule has 0 saturated carbocycles. The molecule has 0 bridgehead atoms. The largest absolute Gasteiger partial charge is 0.497 e. The van der Waals surface area contributed by atoms with E-state index in [2.05, 4.69) is 75.6 Å². The number of aromatic nitrogens is 4. The van der Waals surface area contributed by atoms with Crippen molar-refractivity contribution >= 4 is 43.8 Å². The van der Waals surface area contributed by atoms with Crippen molar-refractivity contribution in [2.45, 2.75) is 82.0 Å². The lowest BCUT2D eigenvalue weighted by molar-refractivity contribution is -0.0922. The zero-order chi connectivity index (χ0) is 36.9. The predicted molar refractivity (Wildman–Crippen MR) is 207 cm³/mol. The van der Waals surface area contributed by atoms with Crippen molar-refractivity contribution in [2.24, 2.45) is 0 Å². The highest BCUT2D eigenvalue weighted by atomic mass is 32.5. The molecular formula is C38H46N5O6PSSi. The third-order valence-corrected chi connectivity index (χ3v) is 17.5. The Morgan fingerprint density at radius 1 is 0.827 bits per heavy atom. The van der Waals surface area contributed by atoms with Gasteiger partial charge in [-0.3, -0.25) is 9.09 Å². The minimum Gasteiger partial charge on any atom is -0.497 e. The van der Waals surface area contributed by atoms with Gasteiger partial charge < -0.3 is 28.3 Å². The number of anilines is 1. The summed E-state index contributed by atoms with van der Waals surface area (Å²) >= 11 is 5.73. The minimum atomic E-state index is -3.02. The molecule has 4 heterocycles. The second kappa shape index (κ2) is 14.0. The number of imidazole rings is 1. The van der Waals surface area contributed by atoms with E-state index in [1.807, 2.05) is 60.0 Å². The van der Waals surface area contributed by atoms with Crippen LogP contribution < -0.4 is 10.1 Å². The Morgan fingerprint density at radius 3 is 2.02 bits per heavy atom. The molecule has 14 heteroatoms. The van der Waals surface area contributed by atoms with Crippen LogP contribution in [0.4, 0.5) is 5.82 Å². The molecular weight excluding hydrogens is 714 g/mol. The van der Waals surface area contributed by atoms with Crippen molar-refractivity contribution in [2.75, 3.05) is 19.5 Å². The second-order valence-electron chi connectivity index (χ2n) is 14.7. The predicted octanol–water partition coefficient (Wildman–Crippen LogP) is 8.20. The van der Waals surface area contributed by atoms with Gasteiger partial charge in [-0.05, 0) is 65.7 Å². The first kappa shape index (κ1) is 36.8. The fourth-order valence-corrected chi connectivity index (χ4v) is 10.1. The smallest absolute Gasteiger partial charge is 0.327 e. The number of fused-ring (bicyclic) bond motifs is 2. The maximum atomic E-state index is 7.14. The molecule has 0 spiro atoms. The number of nitrogens with zero attached hydrogens (tertiary/aromatic N) is 4. The maximum Gasteiger partial charge on any atom is 0.327 e. The van der Waals surface area contributed by atoms with Crippen LogP contribution in [0.3, 0.4) is 0 Å². The summed E-state index contributed by atoms with van der Waals surface area (Å²) in [5, 5.41) is 3.79. The lowest BCUT2D eigenvalue weighted by Crippen LogP contribution is -2.51. The summed E-state index contributed by atoms with van der Waals surface area (Å²) < 4.78 is 39.6. The van der Waals surface area contributed by atoms with Crippen LogP contribution in [0.25, 0.3) is 11.2 Å². The summed E-state index contributed by atoms with van der Waals surface area (Å²) in [5.41, 5.74) is 3.30. The van der Waals surface area contributed by atoms with E-state index in [-0.39, 0.29) is 11.1 Å². The van der Waals surface area contributed by atoms with Crippen molar-refractivity contribution in [3.63, 3.8) is 0 Å². The summed E-state index contributed by atoms with van der Waals surface area (Å²) in [6.45, 7) is 9.98. The molecule has 0 radical (unpaired) electrons. The van der Waals surface area contributed by atoms with Crippen LogP contribution in [0.2, 0.25) is 18.1 Å². The van der Waals surface area contributed by atoms with E-state index < -0.39 is 45.1 Å². The van der Waals surface area contributed by atoms with Gasteiger partial charge in [-0.25, -0.2) is 15.0 Å². The Balaban J connectivity index is 1.36. The normalized spacial score (nSPS) is 25.2. The van der Waals surface area contributed by atoms with Gasteiger partial charge in [0.2, 0.25) is 0 Å². The van der Waals surface area contributed by atoms with Gasteiger partial charge in [-0.1, -0.05) is 93.6 Å². The van der Waals surface area contributed by atoms with Crippen LogP contribution in [0.1, 0.15) is 50.6 Å². The number of benzene rings is 3. The van der Waals surface area contributed by atoms with Crippen molar-refractivity contribution in [1.29, 1.82) is 0 Å². The van der Waals surface area contributed by atoms with Crippen LogP contribution in [0, 0.1) is 0 Å². The Kier molecular flexibility index (Phi) is 9.94. The molecule has 5 aromatic rings. The summed E-state index contributed by atoms with van der Waals surface area (Å²) in [6, 6.07) is 28.7. The average molecular weight is 760 g/mol. The number of hydrogen-bond donors (Lipinski definition) is 1. The Bertz CT molecular complexity index is 2020. The monoisotopic (exact) mass is 759 g/mol. The lowest BCUT2D eigenvalue weighted by Gasteiger charge is -2.42. The molecule has 274 valence electrons. The fraction of sp³-hybridized carbons (Fsp3) is 0.395. The summed E-state index contributed by atoms with van der Waals surface area (Å²) in [4.78, 5) is 14.5. The van der Waals surface area contributed by atoms with E-state index >= 15 is 0 Å². The number of methoxy groups -OCH3 is 1. The molecule has 2 aliphatic heterocycles. The molecule has 3 aromatic carbocycles. The van der Waals surface area contributed by atoms with E-state index in [0.717, 1.165) is 22.4 Å². The number of rotatable bonds is 10. The number of nitrogens with one attached hydrogen (secondary N) is 1. The van der Waals surface area contributed by atoms with Crippen LogP contribution in [-0.4, -0.2) is 66.5 Å². The van der Waals surface area contributed by atoms with E-state index in [0.29, 0.717) is 17.0 Å². The highest BCUT2D eigenvalue weighted by Crippen LogP contribution is 2.59. The van der Waals surface area contributed by atoms with E-state index in [1.54, 1.807) is 19.8 Å². The molecule has 11 nitrogen and oxygen atoms in total. The van der Waals surface area contributed by atoms with Gasteiger partial charge in [0.25, 0.3) is 0 Å². The van der Waals surface area contributed by atoms with Gasteiger partial charge in [0.05, 0.1) is 19.5 Å². The molecule has 2 fully saturated rings. The topological polar surface area (TPSA) is 111 Å².